The van der Waals surface area contributed by atoms with Crippen molar-refractivity contribution in [2.24, 2.45) is 0 Å². The predicted molar refractivity (Wildman–Crippen MR) is 49.3 cm³/mol. The Balaban J connectivity index is 2.90. The Morgan fingerprint density at radius 3 is 2.85 bits per heavy atom. The second-order valence-corrected chi connectivity index (χ2v) is 2.59. The molecule has 0 radical (unpaired) electrons. The monoisotopic (exact) mass is 180 g/mol. The summed E-state index contributed by atoms with van der Waals surface area (Å²) in [4.78, 5) is 15.2. The molecule has 0 spiro atoms. The highest BCUT2D eigenvalue weighted by Gasteiger charge is 2.08. The number of carbonyl (C=O) groups excluding carboxylic acids is 1. The zero-order chi connectivity index (χ0) is 9.84. The fraction of sp³-hybridized carbons (Fsp3) is 0.333. The molecule has 4 nitrogen and oxygen atoms in total. The highest BCUT2D eigenvalue weighted by Crippen LogP contribution is 2.08. The van der Waals surface area contributed by atoms with Crippen molar-refractivity contribution >= 4 is 11.7 Å². The third kappa shape index (κ3) is 2.18. The predicted octanol–water partition coefficient (Wildman–Crippen LogP) is 1.15. The topological polar surface area (TPSA) is 65.2 Å². The van der Waals surface area contributed by atoms with Crippen LogP contribution in [0.5, 0.6) is 0 Å². The molecule has 0 aromatic carbocycles. The summed E-state index contributed by atoms with van der Waals surface area (Å²) in [7, 11) is 0. The van der Waals surface area contributed by atoms with Gasteiger partial charge in [-0.3, -0.25) is 0 Å². The Labute approximate surface area is 76.7 Å². The lowest BCUT2D eigenvalue weighted by atomic mass is 10.3. The molecular formula is C9H12N2O2. The summed E-state index contributed by atoms with van der Waals surface area (Å²) in [5, 5.41) is 0. The molecule has 2 N–H and O–H groups in total. The van der Waals surface area contributed by atoms with E-state index in [0.29, 0.717) is 23.7 Å². The number of carbonyl (C=O) groups is 1. The van der Waals surface area contributed by atoms with Gasteiger partial charge in [0, 0.05) is 0 Å². The lowest BCUT2D eigenvalue weighted by Crippen LogP contribution is -2.08. The van der Waals surface area contributed by atoms with Crippen LogP contribution in [-0.4, -0.2) is 17.6 Å². The molecule has 0 unspecified atom stereocenters. The standard InChI is InChI=1S/C9H12N2O2/c1-3-13-9(12)8-5-4-7(10)6(2)11-8/h4-5H,3,10H2,1-2H3. The van der Waals surface area contributed by atoms with Gasteiger partial charge < -0.3 is 10.5 Å². The van der Waals surface area contributed by atoms with Gasteiger partial charge in [0.15, 0.2) is 0 Å². The van der Waals surface area contributed by atoms with Gasteiger partial charge in [0.25, 0.3) is 0 Å². The number of aryl methyl sites for hydroxylation is 1. The molecule has 0 bridgehead atoms. The molecule has 0 aliphatic carbocycles. The van der Waals surface area contributed by atoms with Crippen LogP contribution < -0.4 is 5.73 Å². The molecule has 0 saturated carbocycles. The minimum absolute atomic E-state index is 0.300. The van der Waals surface area contributed by atoms with Crippen molar-refractivity contribution in [3.8, 4) is 0 Å². The maximum Gasteiger partial charge on any atom is 0.356 e. The molecule has 1 heterocycles. The van der Waals surface area contributed by atoms with Crippen LogP contribution in [0.3, 0.4) is 0 Å². The molecule has 1 aromatic rings. The second kappa shape index (κ2) is 3.89. The third-order valence-corrected chi connectivity index (χ3v) is 1.61. The summed E-state index contributed by atoms with van der Waals surface area (Å²) in [6.07, 6.45) is 0. The van der Waals surface area contributed by atoms with Crippen LogP contribution in [0, 0.1) is 6.92 Å². The minimum atomic E-state index is -0.411. The van der Waals surface area contributed by atoms with Crippen LogP contribution in [0.15, 0.2) is 12.1 Å². The quantitative estimate of drug-likeness (QED) is 0.693. The molecular weight excluding hydrogens is 168 g/mol. The maximum absolute atomic E-state index is 11.2. The van der Waals surface area contributed by atoms with Gasteiger partial charge in [0.1, 0.15) is 5.69 Å². The smallest absolute Gasteiger partial charge is 0.356 e. The number of anilines is 1. The Bertz CT molecular complexity index is 323. The van der Waals surface area contributed by atoms with Crippen LogP contribution in [0.1, 0.15) is 23.1 Å². The van der Waals surface area contributed by atoms with Crippen molar-refractivity contribution in [2.75, 3.05) is 12.3 Å². The molecule has 0 atom stereocenters. The van der Waals surface area contributed by atoms with Crippen LogP contribution in [-0.2, 0) is 4.74 Å². The molecule has 0 aliphatic rings. The molecule has 70 valence electrons. The second-order valence-electron chi connectivity index (χ2n) is 2.59. The lowest BCUT2D eigenvalue weighted by molar-refractivity contribution is 0.0519. The van der Waals surface area contributed by atoms with Gasteiger partial charge in [-0.2, -0.15) is 0 Å². The fourth-order valence-electron chi connectivity index (χ4n) is 0.891. The van der Waals surface area contributed by atoms with Gasteiger partial charge >= 0.3 is 5.97 Å². The third-order valence-electron chi connectivity index (χ3n) is 1.61. The number of nitrogens with two attached hydrogens (primary N) is 1. The van der Waals surface area contributed by atoms with Crippen LogP contribution in [0.4, 0.5) is 5.69 Å². The van der Waals surface area contributed by atoms with E-state index in [2.05, 4.69) is 4.98 Å². The van der Waals surface area contributed by atoms with Crippen LogP contribution in [0.25, 0.3) is 0 Å². The largest absolute Gasteiger partial charge is 0.461 e. The zero-order valence-corrected chi connectivity index (χ0v) is 7.70. The summed E-state index contributed by atoms with van der Waals surface area (Å²) in [5.74, 6) is -0.411. The molecule has 0 amide bonds. The molecule has 0 aliphatic heterocycles. The fourth-order valence-corrected chi connectivity index (χ4v) is 0.891. The Morgan fingerprint density at radius 2 is 2.31 bits per heavy atom. The molecule has 0 fully saturated rings. The van der Waals surface area contributed by atoms with Gasteiger partial charge in [0.05, 0.1) is 18.0 Å². The SMILES string of the molecule is CCOC(=O)c1ccc(N)c(C)n1. The number of esters is 1. The molecule has 13 heavy (non-hydrogen) atoms. The van der Waals surface area contributed by atoms with Crippen molar-refractivity contribution in [3.63, 3.8) is 0 Å². The van der Waals surface area contributed by atoms with Crippen molar-refractivity contribution in [1.82, 2.24) is 4.98 Å². The lowest BCUT2D eigenvalue weighted by Gasteiger charge is -2.03. The molecule has 4 heteroatoms. The highest BCUT2D eigenvalue weighted by molar-refractivity contribution is 5.87. The number of ether oxygens (including phenoxy) is 1. The maximum atomic E-state index is 11.2. The van der Waals surface area contributed by atoms with Gasteiger partial charge in [-0.05, 0) is 26.0 Å². The number of hydrogen-bond donors (Lipinski definition) is 1. The molecule has 1 aromatic heterocycles. The van der Waals surface area contributed by atoms with E-state index in [1.165, 1.54) is 0 Å². The van der Waals surface area contributed by atoms with E-state index in [-0.39, 0.29) is 0 Å². The Kier molecular flexibility index (Phi) is 2.84. The average molecular weight is 180 g/mol. The zero-order valence-electron chi connectivity index (χ0n) is 7.70. The van der Waals surface area contributed by atoms with Gasteiger partial charge in [-0.15, -0.1) is 0 Å². The summed E-state index contributed by atoms with van der Waals surface area (Å²) >= 11 is 0. The summed E-state index contributed by atoms with van der Waals surface area (Å²) < 4.78 is 4.78. The van der Waals surface area contributed by atoms with Crippen molar-refractivity contribution in [1.29, 1.82) is 0 Å². The summed E-state index contributed by atoms with van der Waals surface area (Å²) in [6, 6.07) is 3.20. The normalized spacial score (nSPS) is 9.69. The highest BCUT2D eigenvalue weighted by atomic mass is 16.5. The number of pyridine rings is 1. The van der Waals surface area contributed by atoms with E-state index >= 15 is 0 Å². The van der Waals surface area contributed by atoms with Gasteiger partial charge in [-0.1, -0.05) is 0 Å². The first kappa shape index (κ1) is 9.51. The van der Waals surface area contributed by atoms with Crippen molar-refractivity contribution in [3.05, 3.63) is 23.5 Å². The van der Waals surface area contributed by atoms with E-state index in [4.69, 9.17) is 10.5 Å². The van der Waals surface area contributed by atoms with E-state index in [1.807, 2.05) is 0 Å². The van der Waals surface area contributed by atoms with Crippen LogP contribution in [0.2, 0.25) is 0 Å². The number of hydrogen-bond acceptors (Lipinski definition) is 4. The number of nitrogen functional groups attached to an aromatic ring is 1. The summed E-state index contributed by atoms with van der Waals surface area (Å²) in [6.45, 7) is 3.85. The number of aromatic nitrogens is 1. The van der Waals surface area contributed by atoms with Crippen molar-refractivity contribution < 1.29 is 9.53 Å². The van der Waals surface area contributed by atoms with Gasteiger partial charge in [0.2, 0.25) is 0 Å². The molecule has 0 saturated heterocycles. The number of nitrogens with zero attached hydrogens (tertiary/aromatic N) is 1. The number of rotatable bonds is 2. The van der Waals surface area contributed by atoms with Crippen molar-refractivity contribution in [2.45, 2.75) is 13.8 Å². The van der Waals surface area contributed by atoms with E-state index < -0.39 is 5.97 Å². The van der Waals surface area contributed by atoms with E-state index in [9.17, 15) is 4.79 Å². The van der Waals surface area contributed by atoms with Crippen LogP contribution >= 0.6 is 0 Å². The first-order valence-electron chi connectivity index (χ1n) is 4.05. The molecule has 1 rings (SSSR count). The van der Waals surface area contributed by atoms with E-state index in [1.54, 1.807) is 26.0 Å². The van der Waals surface area contributed by atoms with E-state index in [0.717, 1.165) is 0 Å². The Morgan fingerprint density at radius 1 is 1.62 bits per heavy atom. The van der Waals surface area contributed by atoms with Gasteiger partial charge in [-0.25, -0.2) is 9.78 Å². The Hall–Kier alpha value is -1.58. The average Bonchev–Trinajstić information content (AvgIpc) is 2.10. The first-order valence-corrected chi connectivity index (χ1v) is 4.05. The minimum Gasteiger partial charge on any atom is -0.461 e. The summed E-state index contributed by atoms with van der Waals surface area (Å²) in [5.41, 5.74) is 7.07. The first-order chi connectivity index (χ1) is 6.15.